The van der Waals surface area contributed by atoms with Gasteiger partial charge >= 0.3 is 5.97 Å². The number of nitrogens with zero attached hydrogens (tertiary/aromatic N) is 1. The smallest absolute Gasteiger partial charge is 0.324 e. The molecule has 2 aliphatic heterocycles. The van der Waals surface area contributed by atoms with Crippen molar-refractivity contribution in [3.05, 3.63) is 59.7 Å². The Balaban J connectivity index is 1.80. The number of phenols is 2. The van der Waals surface area contributed by atoms with Gasteiger partial charge in [-0.15, -0.1) is 0 Å². The number of fused-ring (bicyclic) bond motifs is 1. The van der Waals surface area contributed by atoms with E-state index in [-0.39, 0.29) is 30.0 Å². The average Bonchev–Trinajstić information content (AvgIpc) is 3.23. The lowest BCUT2D eigenvalue weighted by atomic mass is 9.78. The molecule has 2 aromatic carbocycles. The van der Waals surface area contributed by atoms with Gasteiger partial charge in [-0.05, 0) is 30.1 Å². The molecule has 2 amide bonds. The Morgan fingerprint density at radius 3 is 2.47 bits per heavy atom. The summed E-state index contributed by atoms with van der Waals surface area (Å²) in [5.74, 6) is -4.26. The molecule has 0 spiro atoms. The zero-order valence-corrected chi connectivity index (χ0v) is 18.2. The molecule has 2 saturated heterocycles. The first-order valence-electron chi connectivity index (χ1n) is 10.2. The maximum Gasteiger partial charge on any atom is 0.324 e. The summed E-state index contributed by atoms with van der Waals surface area (Å²) < 4.78 is 0. The molecule has 8 nitrogen and oxygen atoms in total. The number of likely N-dealkylation sites (tertiary alicyclic amines) is 1. The summed E-state index contributed by atoms with van der Waals surface area (Å²) in [6, 6.07) is 12.1. The Morgan fingerprint density at radius 2 is 1.84 bits per heavy atom. The van der Waals surface area contributed by atoms with Gasteiger partial charge in [0.05, 0.1) is 18.4 Å². The second kappa shape index (κ2) is 8.48. The van der Waals surface area contributed by atoms with Crippen LogP contribution in [0.2, 0.25) is 0 Å². The van der Waals surface area contributed by atoms with E-state index >= 15 is 0 Å². The normalized spacial score (nSPS) is 27.0. The number of imide groups is 1. The van der Waals surface area contributed by atoms with Gasteiger partial charge in [0, 0.05) is 17.7 Å². The van der Waals surface area contributed by atoms with E-state index in [2.05, 4.69) is 5.32 Å². The van der Waals surface area contributed by atoms with E-state index < -0.39 is 41.2 Å². The third kappa shape index (κ3) is 3.51. The molecule has 0 radical (unpaired) electrons. The molecule has 0 aromatic heterocycles. The highest BCUT2D eigenvalue weighted by Crippen LogP contribution is 2.52. The predicted octanol–water partition coefficient (Wildman–Crippen LogP) is 2.12. The maximum absolute atomic E-state index is 13.5. The zero-order chi connectivity index (χ0) is 23.0. The molecule has 2 aliphatic rings. The molecule has 0 aliphatic carbocycles. The second-order valence-electron chi connectivity index (χ2n) is 8.14. The van der Waals surface area contributed by atoms with E-state index in [4.69, 9.17) is 0 Å². The van der Waals surface area contributed by atoms with Crippen molar-refractivity contribution in [2.45, 2.75) is 24.5 Å². The standard InChI is InChI=1S/C23H24N2O6S/c1-32-10-9-23(22(30)31)18-17(19(24-23)15-8-7-14(26)11-16(15)27)20(28)25(21(18)29)12-13-5-3-2-4-6-13/h2-8,11,17-19,24,26-27H,9-10,12H2,1H3,(H,30,31)/t17-,18+,19-,23+/m1/s1. The zero-order valence-electron chi connectivity index (χ0n) is 17.4. The molecule has 2 fully saturated rings. The third-order valence-corrected chi connectivity index (χ3v) is 6.97. The van der Waals surface area contributed by atoms with Crippen molar-refractivity contribution >= 4 is 29.5 Å². The molecular formula is C23H24N2O6S. The summed E-state index contributed by atoms with van der Waals surface area (Å²) in [4.78, 5) is 40.7. The van der Waals surface area contributed by atoms with E-state index in [9.17, 15) is 29.7 Å². The van der Waals surface area contributed by atoms with Gasteiger partial charge in [-0.3, -0.25) is 24.6 Å². The summed E-state index contributed by atoms with van der Waals surface area (Å²) in [5, 5.41) is 33.4. The number of rotatable bonds is 7. The summed E-state index contributed by atoms with van der Waals surface area (Å²) >= 11 is 1.45. The molecule has 0 bridgehead atoms. The molecular weight excluding hydrogens is 432 g/mol. The number of carbonyl (C=O) groups excluding carboxylic acids is 2. The molecule has 0 saturated carbocycles. The number of phenolic OH excluding ortho intramolecular Hbond substituents is 2. The molecule has 32 heavy (non-hydrogen) atoms. The van der Waals surface area contributed by atoms with Crippen LogP contribution in [0.15, 0.2) is 48.5 Å². The number of carbonyl (C=O) groups is 3. The Morgan fingerprint density at radius 1 is 1.12 bits per heavy atom. The van der Waals surface area contributed by atoms with Crippen molar-refractivity contribution in [2.24, 2.45) is 11.8 Å². The number of carboxylic acid groups (broad SMARTS) is 1. The lowest BCUT2D eigenvalue weighted by molar-refractivity contribution is -0.151. The van der Waals surface area contributed by atoms with E-state index in [1.807, 2.05) is 12.3 Å². The SMILES string of the molecule is CSCC[C@]1(C(=O)O)N[C@H](c2ccc(O)cc2O)[C@@H]2C(=O)N(Cc3ccccc3)C(=O)[C@H]21. The van der Waals surface area contributed by atoms with Crippen molar-refractivity contribution in [2.75, 3.05) is 12.0 Å². The van der Waals surface area contributed by atoms with E-state index in [1.165, 1.54) is 23.9 Å². The highest BCUT2D eigenvalue weighted by molar-refractivity contribution is 7.98. The van der Waals surface area contributed by atoms with Crippen LogP contribution < -0.4 is 5.32 Å². The third-order valence-electron chi connectivity index (χ3n) is 6.36. The van der Waals surface area contributed by atoms with Gasteiger partial charge in [0.2, 0.25) is 11.8 Å². The van der Waals surface area contributed by atoms with Crippen molar-refractivity contribution in [3.63, 3.8) is 0 Å². The van der Waals surface area contributed by atoms with Crippen LogP contribution in [-0.2, 0) is 20.9 Å². The van der Waals surface area contributed by atoms with Crippen molar-refractivity contribution in [3.8, 4) is 11.5 Å². The Hall–Kier alpha value is -3.04. The summed E-state index contributed by atoms with van der Waals surface area (Å²) in [7, 11) is 0. The van der Waals surface area contributed by atoms with Crippen LogP contribution in [-0.4, -0.2) is 55.6 Å². The maximum atomic E-state index is 13.5. The van der Waals surface area contributed by atoms with Crippen LogP contribution in [0.5, 0.6) is 11.5 Å². The first kappa shape index (κ1) is 22.2. The van der Waals surface area contributed by atoms with Crippen LogP contribution in [0.4, 0.5) is 0 Å². The molecule has 2 heterocycles. The summed E-state index contributed by atoms with van der Waals surface area (Å²) in [6.45, 7) is 0.0536. The average molecular weight is 457 g/mol. The number of aliphatic carboxylic acids is 1. The molecule has 168 valence electrons. The summed E-state index contributed by atoms with van der Waals surface area (Å²) in [6.07, 6.45) is 1.98. The van der Waals surface area contributed by atoms with E-state index in [0.29, 0.717) is 5.75 Å². The van der Waals surface area contributed by atoms with Crippen LogP contribution in [0.25, 0.3) is 0 Å². The highest BCUT2D eigenvalue weighted by atomic mass is 32.2. The number of nitrogens with one attached hydrogen (secondary N) is 1. The quantitative estimate of drug-likeness (QED) is 0.467. The number of hydrogen-bond donors (Lipinski definition) is 4. The number of aromatic hydroxyl groups is 2. The van der Waals surface area contributed by atoms with Crippen molar-refractivity contribution in [1.82, 2.24) is 10.2 Å². The van der Waals surface area contributed by atoms with Gasteiger partial charge in [0.1, 0.15) is 17.0 Å². The molecule has 2 aromatic rings. The van der Waals surface area contributed by atoms with Crippen molar-refractivity contribution in [1.29, 1.82) is 0 Å². The topological polar surface area (TPSA) is 127 Å². The Bertz CT molecular complexity index is 1060. The number of carboxylic acids is 1. The minimum absolute atomic E-state index is 0.0536. The lowest BCUT2D eigenvalue weighted by Gasteiger charge is -2.31. The number of hydrogen-bond acceptors (Lipinski definition) is 7. The van der Waals surface area contributed by atoms with Gasteiger partial charge in [-0.1, -0.05) is 36.4 Å². The fourth-order valence-electron chi connectivity index (χ4n) is 4.84. The lowest BCUT2D eigenvalue weighted by Crippen LogP contribution is -2.56. The Kier molecular flexibility index (Phi) is 5.87. The van der Waals surface area contributed by atoms with E-state index in [0.717, 1.165) is 16.5 Å². The molecule has 4 atom stereocenters. The van der Waals surface area contributed by atoms with Gasteiger partial charge in [-0.25, -0.2) is 0 Å². The molecule has 0 unspecified atom stereocenters. The highest BCUT2D eigenvalue weighted by Gasteiger charge is 2.68. The van der Waals surface area contributed by atoms with Crippen LogP contribution in [0.1, 0.15) is 23.6 Å². The number of thioether (sulfide) groups is 1. The molecule has 9 heteroatoms. The fraction of sp³-hybridized carbons (Fsp3) is 0.348. The largest absolute Gasteiger partial charge is 0.508 e. The predicted molar refractivity (Wildman–Crippen MR) is 118 cm³/mol. The van der Waals surface area contributed by atoms with Crippen LogP contribution in [0.3, 0.4) is 0 Å². The number of amides is 2. The van der Waals surface area contributed by atoms with Gasteiger partial charge in [-0.2, -0.15) is 11.8 Å². The minimum Gasteiger partial charge on any atom is -0.508 e. The van der Waals surface area contributed by atoms with Crippen molar-refractivity contribution < 1.29 is 29.7 Å². The minimum atomic E-state index is -1.65. The first-order chi connectivity index (χ1) is 15.3. The second-order valence-corrected chi connectivity index (χ2v) is 9.12. The Labute approximate surface area is 189 Å². The van der Waals surface area contributed by atoms with E-state index in [1.54, 1.807) is 24.3 Å². The van der Waals surface area contributed by atoms with Gasteiger partial charge in [0.25, 0.3) is 0 Å². The van der Waals surface area contributed by atoms with Crippen LogP contribution in [0, 0.1) is 11.8 Å². The monoisotopic (exact) mass is 456 g/mol. The first-order valence-corrected chi connectivity index (χ1v) is 11.6. The molecule has 4 N–H and O–H groups in total. The van der Waals surface area contributed by atoms with Gasteiger partial charge in [0.15, 0.2) is 0 Å². The molecule has 4 rings (SSSR count). The fourth-order valence-corrected chi connectivity index (χ4v) is 5.37. The summed E-state index contributed by atoms with van der Waals surface area (Å²) in [5.41, 5.74) is -0.620. The van der Waals surface area contributed by atoms with Gasteiger partial charge < -0.3 is 15.3 Å². The van der Waals surface area contributed by atoms with Crippen LogP contribution >= 0.6 is 11.8 Å². The number of benzene rings is 2.